The van der Waals surface area contributed by atoms with E-state index in [1.807, 2.05) is 0 Å². The number of halogens is 3. The molecule has 2 aliphatic rings. The molecule has 1 saturated heterocycles. The van der Waals surface area contributed by atoms with Crippen molar-refractivity contribution < 1.29 is 22.6 Å². The fraction of sp³-hybridized carbons (Fsp3) is 1.00. The molecule has 1 aliphatic heterocycles. The minimum atomic E-state index is -1.99. The van der Waals surface area contributed by atoms with Crippen LogP contribution in [0.15, 0.2) is 0 Å². The second-order valence-corrected chi connectivity index (χ2v) is 6.70. The Labute approximate surface area is 125 Å². The van der Waals surface area contributed by atoms with Crippen molar-refractivity contribution in [2.24, 2.45) is 17.8 Å². The molecule has 2 fully saturated rings. The van der Waals surface area contributed by atoms with E-state index in [2.05, 4.69) is 13.8 Å². The molecule has 2 nitrogen and oxygen atoms in total. The molecule has 1 aliphatic carbocycles. The summed E-state index contributed by atoms with van der Waals surface area (Å²) in [6, 6.07) is 0. The largest absolute Gasteiger partial charge is 0.352 e. The van der Waals surface area contributed by atoms with E-state index < -0.39 is 24.8 Å². The summed E-state index contributed by atoms with van der Waals surface area (Å²) in [4.78, 5) is 0. The van der Waals surface area contributed by atoms with E-state index in [-0.39, 0.29) is 18.8 Å². The van der Waals surface area contributed by atoms with Crippen LogP contribution in [0.4, 0.5) is 13.2 Å². The maximum Gasteiger partial charge on any atom is 0.162 e. The van der Waals surface area contributed by atoms with Crippen LogP contribution in [0, 0.1) is 17.8 Å². The lowest BCUT2D eigenvalue weighted by Crippen LogP contribution is -2.45. The van der Waals surface area contributed by atoms with E-state index in [9.17, 15) is 13.2 Å². The molecular formula is C16H27F3O2. The molecular weight excluding hydrogens is 281 g/mol. The molecule has 0 bridgehead atoms. The zero-order valence-corrected chi connectivity index (χ0v) is 12.9. The summed E-state index contributed by atoms with van der Waals surface area (Å²) < 4.78 is 51.3. The lowest BCUT2D eigenvalue weighted by molar-refractivity contribution is -0.236. The first kappa shape index (κ1) is 17.1. The van der Waals surface area contributed by atoms with Crippen LogP contribution in [0.3, 0.4) is 0 Å². The van der Waals surface area contributed by atoms with Crippen LogP contribution >= 0.6 is 0 Å². The minimum absolute atomic E-state index is 0.0101. The van der Waals surface area contributed by atoms with E-state index in [0.29, 0.717) is 25.0 Å². The lowest BCUT2D eigenvalue weighted by Gasteiger charge is -2.38. The molecule has 2 rings (SSSR count). The molecule has 0 aromatic heterocycles. The first-order valence-electron chi connectivity index (χ1n) is 8.16. The van der Waals surface area contributed by atoms with Crippen LogP contribution < -0.4 is 0 Å². The molecule has 0 aromatic rings. The zero-order chi connectivity index (χ0) is 15.4. The lowest BCUT2D eigenvalue weighted by atomic mass is 9.84. The first-order valence-corrected chi connectivity index (χ1v) is 8.16. The Bertz CT molecular complexity index is 296. The monoisotopic (exact) mass is 308 g/mol. The van der Waals surface area contributed by atoms with Gasteiger partial charge in [0, 0.05) is 11.8 Å². The Morgan fingerprint density at radius 3 is 2.14 bits per heavy atom. The van der Waals surface area contributed by atoms with E-state index in [0.717, 1.165) is 12.8 Å². The van der Waals surface area contributed by atoms with Crippen LogP contribution in [0.5, 0.6) is 0 Å². The van der Waals surface area contributed by atoms with Crippen molar-refractivity contribution in [3.8, 4) is 0 Å². The van der Waals surface area contributed by atoms with Crippen molar-refractivity contribution in [3.05, 3.63) is 0 Å². The number of alkyl halides is 3. The Morgan fingerprint density at radius 1 is 1.05 bits per heavy atom. The van der Waals surface area contributed by atoms with Gasteiger partial charge in [0.2, 0.25) is 0 Å². The Balaban J connectivity index is 1.73. The number of rotatable bonds is 5. The van der Waals surface area contributed by atoms with Gasteiger partial charge in [-0.15, -0.1) is 0 Å². The maximum absolute atomic E-state index is 13.4. The van der Waals surface area contributed by atoms with Crippen molar-refractivity contribution in [1.29, 1.82) is 0 Å². The van der Waals surface area contributed by atoms with E-state index >= 15 is 0 Å². The summed E-state index contributed by atoms with van der Waals surface area (Å²) in [5, 5.41) is 0. The number of hydrogen-bond acceptors (Lipinski definition) is 2. The van der Waals surface area contributed by atoms with Gasteiger partial charge in [-0.2, -0.15) is 0 Å². The summed E-state index contributed by atoms with van der Waals surface area (Å²) in [5.41, 5.74) is 0. The molecule has 3 atom stereocenters. The molecule has 1 heterocycles. The smallest absolute Gasteiger partial charge is 0.162 e. The molecule has 0 radical (unpaired) electrons. The molecule has 0 aromatic carbocycles. The summed E-state index contributed by atoms with van der Waals surface area (Å²) in [5.74, 6) is 0.676. The van der Waals surface area contributed by atoms with Gasteiger partial charge in [0.15, 0.2) is 12.5 Å². The van der Waals surface area contributed by atoms with E-state index in [1.54, 1.807) is 0 Å². The molecule has 3 unspecified atom stereocenters. The van der Waals surface area contributed by atoms with Crippen molar-refractivity contribution in [1.82, 2.24) is 0 Å². The molecule has 124 valence electrons. The standard InChI is InChI=1S/C16H27F3O2/c1-3-10(2)4-5-11-8-20-16(21-9-11)12-6-13(17)15(19)14(18)7-12/h10-16H,3-9H2,1-2H3. The maximum atomic E-state index is 13.4. The van der Waals surface area contributed by atoms with Crippen molar-refractivity contribution >= 4 is 0 Å². The van der Waals surface area contributed by atoms with Gasteiger partial charge < -0.3 is 9.47 Å². The highest BCUT2D eigenvalue weighted by Crippen LogP contribution is 2.36. The van der Waals surface area contributed by atoms with Gasteiger partial charge in [-0.1, -0.05) is 26.7 Å². The molecule has 5 heteroatoms. The average Bonchev–Trinajstić information content (AvgIpc) is 2.50. The van der Waals surface area contributed by atoms with E-state index in [4.69, 9.17) is 9.47 Å². The van der Waals surface area contributed by atoms with Crippen LogP contribution in [-0.2, 0) is 9.47 Å². The molecule has 0 N–H and O–H groups in total. The van der Waals surface area contributed by atoms with Crippen molar-refractivity contribution in [2.75, 3.05) is 13.2 Å². The SMILES string of the molecule is CCC(C)CCC1COC(C2CC(F)C(F)C(F)C2)OC1. The third-order valence-corrected chi connectivity index (χ3v) is 4.89. The highest BCUT2D eigenvalue weighted by molar-refractivity contribution is 4.88. The third-order valence-electron chi connectivity index (χ3n) is 4.89. The van der Waals surface area contributed by atoms with Gasteiger partial charge in [-0.3, -0.25) is 0 Å². The van der Waals surface area contributed by atoms with Gasteiger partial charge in [0.25, 0.3) is 0 Å². The molecule has 21 heavy (non-hydrogen) atoms. The summed E-state index contributed by atoms with van der Waals surface area (Å²) in [6.45, 7) is 5.55. The highest BCUT2D eigenvalue weighted by atomic mass is 19.2. The van der Waals surface area contributed by atoms with Crippen molar-refractivity contribution in [3.63, 3.8) is 0 Å². The summed E-state index contributed by atoms with van der Waals surface area (Å²) in [7, 11) is 0. The topological polar surface area (TPSA) is 18.5 Å². The van der Waals surface area contributed by atoms with Gasteiger partial charge in [-0.05, 0) is 25.2 Å². The molecule has 0 spiro atoms. The Kier molecular flexibility index (Phi) is 6.35. The predicted octanol–water partition coefficient (Wildman–Crippen LogP) is 4.23. The Morgan fingerprint density at radius 2 is 1.62 bits per heavy atom. The zero-order valence-electron chi connectivity index (χ0n) is 12.9. The number of ether oxygens (including phenoxy) is 2. The second kappa shape index (κ2) is 7.82. The fourth-order valence-corrected chi connectivity index (χ4v) is 3.10. The fourth-order valence-electron chi connectivity index (χ4n) is 3.10. The molecule has 0 amide bonds. The second-order valence-electron chi connectivity index (χ2n) is 6.70. The summed E-state index contributed by atoms with van der Waals surface area (Å²) in [6.07, 6.45) is -2.71. The van der Waals surface area contributed by atoms with Gasteiger partial charge in [0.05, 0.1) is 13.2 Å². The average molecular weight is 308 g/mol. The number of hydrogen-bond donors (Lipinski definition) is 0. The highest BCUT2D eigenvalue weighted by Gasteiger charge is 2.43. The van der Waals surface area contributed by atoms with Gasteiger partial charge >= 0.3 is 0 Å². The first-order chi connectivity index (χ1) is 10.0. The van der Waals surface area contributed by atoms with Crippen molar-refractivity contribution in [2.45, 2.75) is 70.8 Å². The van der Waals surface area contributed by atoms with E-state index in [1.165, 1.54) is 6.42 Å². The minimum Gasteiger partial charge on any atom is -0.352 e. The normalized spacial score (nSPS) is 42.7. The van der Waals surface area contributed by atoms with Crippen LogP contribution in [0.25, 0.3) is 0 Å². The van der Waals surface area contributed by atoms with Gasteiger partial charge in [0.1, 0.15) is 12.3 Å². The van der Waals surface area contributed by atoms with Crippen LogP contribution in [0.1, 0.15) is 46.0 Å². The summed E-state index contributed by atoms with van der Waals surface area (Å²) >= 11 is 0. The molecule has 1 saturated carbocycles. The predicted molar refractivity (Wildman–Crippen MR) is 75.3 cm³/mol. The van der Waals surface area contributed by atoms with Crippen LogP contribution in [-0.4, -0.2) is 38.0 Å². The Hall–Kier alpha value is -0.290. The quantitative estimate of drug-likeness (QED) is 0.757. The third kappa shape index (κ3) is 4.59. The van der Waals surface area contributed by atoms with Gasteiger partial charge in [-0.25, -0.2) is 13.2 Å². The van der Waals surface area contributed by atoms with Crippen LogP contribution in [0.2, 0.25) is 0 Å².